The summed E-state index contributed by atoms with van der Waals surface area (Å²) in [4.78, 5) is 25.2. The van der Waals surface area contributed by atoms with E-state index in [-0.39, 0.29) is 17.7 Å². The van der Waals surface area contributed by atoms with E-state index in [2.05, 4.69) is 11.4 Å². The molecule has 0 bridgehead atoms. The second-order valence-electron chi connectivity index (χ2n) is 7.25. The monoisotopic (exact) mass is 377 g/mol. The van der Waals surface area contributed by atoms with E-state index in [1.54, 1.807) is 13.0 Å². The van der Waals surface area contributed by atoms with Gasteiger partial charge in [-0.2, -0.15) is 0 Å². The first-order chi connectivity index (χ1) is 13.5. The van der Waals surface area contributed by atoms with Gasteiger partial charge >= 0.3 is 5.97 Å². The largest absolute Gasteiger partial charge is 0.449 e. The molecule has 1 aromatic heterocycles. The summed E-state index contributed by atoms with van der Waals surface area (Å²) in [7, 11) is 0. The van der Waals surface area contributed by atoms with Crippen LogP contribution in [0.25, 0.3) is 11.0 Å². The number of hydrogen-bond donors (Lipinski definition) is 1. The Balaban J connectivity index is 1.45. The molecule has 3 aromatic rings. The third kappa shape index (κ3) is 3.40. The highest BCUT2D eigenvalue weighted by molar-refractivity contribution is 5.97. The van der Waals surface area contributed by atoms with Crippen LogP contribution in [-0.4, -0.2) is 18.0 Å². The van der Waals surface area contributed by atoms with E-state index in [1.807, 2.05) is 43.3 Å². The van der Waals surface area contributed by atoms with Gasteiger partial charge in [0.1, 0.15) is 5.58 Å². The number of ether oxygens (including phenoxy) is 1. The topological polar surface area (TPSA) is 68.5 Å². The van der Waals surface area contributed by atoms with Crippen LogP contribution in [0.4, 0.5) is 0 Å². The summed E-state index contributed by atoms with van der Waals surface area (Å²) in [6.07, 6.45) is 2.02. The third-order valence-corrected chi connectivity index (χ3v) is 5.37. The number of carbonyl (C=O) groups is 2. The molecule has 0 unspecified atom stereocenters. The predicted molar refractivity (Wildman–Crippen MR) is 106 cm³/mol. The molecule has 1 N–H and O–H groups in total. The first-order valence-electron chi connectivity index (χ1n) is 9.62. The number of aryl methyl sites for hydroxylation is 2. The summed E-state index contributed by atoms with van der Waals surface area (Å²) in [6, 6.07) is 15.5. The third-order valence-electron chi connectivity index (χ3n) is 5.37. The van der Waals surface area contributed by atoms with E-state index in [0.717, 1.165) is 35.8 Å². The Morgan fingerprint density at radius 2 is 1.89 bits per heavy atom. The second kappa shape index (κ2) is 7.50. The van der Waals surface area contributed by atoms with E-state index in [0.29, 0.717) is 5.58 Å². The number of hydrogen-bond acceptors (Lipinski definition) is 4. The Bertz CT molecular complexity index is 1040. The average Bonchev–Trinajstić information content (AvgIpc) is 3.05. The molecule has 1 aliphatic carbocycles. The predicted octanol–water partition coefficient (Wildman–Crippen LogP) is 4.48. The number of amides is 1. The quantitative estimate of drug-likeness (QED) is 0.681. The number of fused-ring (bicyclic) bond motifs is 2. The molecule has 28 heavy (non-hydrogen) atoms. The summed E-state index contributed by atoms with van der Waals surface area (Å²) >= 11 is 0. The van der Waals surface area contributed by atoms with Crippen LogP contribution in [0.5, 0.6) is 0 Å². The lowest BCUT2D eigenvalue weighted by molar-refractivity contribution is -0.130. The zero-order valence-electron chi connectivity index (χ0n) is 16.0. The van der Waals surface area contributed by atoms with Crippen LogP contribution in [0, 0.1) is 6.92 Å². The van der Waals surface area contributed by atoms with Crippen LogP contribution in [0.1, 0.15) is 53.1 Å². The molecule has 0 fully saturated rings. The number of furan rings is 1. The van der Waals surface area contributed by atoms with Gasteiger partial charge in [-0.05, 0) is 50.3 Å². The molecule has 0 aliphatic heterocycles. The van der Waals surface area contributed by atoms with Crippen molar-refractivity contribution < 1.29 is 18.7 Å². The molecule has 4 rings (SSSR count). The highest BCUT2D eigenvalue weighted by Crippen LogP contribution is 2.30. The van der Waals surface area contributed by atoms with Crippen molar-refractivity contribution in [1.29, 1.82) is 0 Å². The molecule has 144 valence electrons. The molecular formula is C23H23NO4. The van der Waals surface area contributed by atoms with Crippen molar-refractivity contribution in [2.45, 2.75) is 45.3 Å². The summed E-state index contributed by atoms with van der Waals surface area (Å²) in [6.45, 7) is 3.39. The standard InChI is InChI=1S/C23H23NO4/c1-14-17-10-5-6-13-20(17)28-21(14)23(26)27-15(2)22(25)24-19-12-7-9-16-8-3-4-11-18(16)19/h3-6,8,10-11,13,15,19H,7,9,12H2,1-2H3,(H,24,25)/t15-,19-/m1/s1. The van der Waals surface area contributed by atoms with Gasteiger partial charge in [0.25, 0.3) is 5.91 Å². The fourth-order valence-corrected chi connectivity index (χ4v) is 3.83. The van der Waals surface area contributed by atoms with Gasteiger partial charge in [-0.1, -0.05) is 42.5 Å². The zero-order chi connectivity index (χ0) is 19.7. The van der Waals surface area contributed by atoms with Gasteiger partial charge in [0.05, 0.1) is 6.04 Å². The maximum atomic E-state index is 12.6. The summed E-state index contributed by atoms with van der Waals surface area (Å²) in [5.41, 5.74) is 3.76. The SMILES string of the molecule is Cc1c(C(=O)O[C@H](C)C(=O)N[C@@H]2CCCc3ccccc32)oc2ccccc12. The summed E-state index contributed by atoms with van der Waals surface area (Å²) < 4.78 is 11.0. The Morgan fingerprint density at radius 1 is 1.14 bits per heavy atom. The van der Waals surface area contributed by atoms with Crippen molar-refractivity contribution in [2.24, 2.45) is 0 Å². The van der Waals surface area contributed by atoms with Crippen LogP contribution >= 0.6 is 0 Å². The molecule has 1 aliphatic rings. The van der Waals surface area contributed by atoms with Gasteiger partial charge in [-0.25, -0.2) is 4.79 Å². The zero-order valence-corrected chi connectivity index (χ0v) is 16.0. The molecular weight excluding hydrogens is 354 g/mol. The van der Waals surface area contributed by atoms with Crippen LogP contribution < -0.4 is 5.32 Å². The molecule has 2 atom stereocenters. The molecule has 5 heteroatoms. The number of benzene rings is 2. The van der Waals surface area contributed by atoms with Gasteiger partial charge < -0.3 is 14.5 Å². The van der Waals surface area contributed by atoms with Crippen LogP contribution in [0.15, 0.2) is 52.9 Å². The number of esters is 1. The van der Waals surface area contributed by atoms with Crippen molar-refractivity contribution in [3.05, 3.63) is 71.0 Å². The van der Waals surface area contributed by atoms with E-state index < -0.39 is 12.1 Å². The lowest BCUT2D eigenvalue weighted by atomic mass is 9.87. The molecule has 1 amide bonds. The van der Waals surface area contributed by atoms with Crippen LogP contribution in [0.2, 0.25) is 0 Å². The Kier molecular flexibility index (Phi) is 4.90. The fraction of sp³-hybridized carbons (Fsp3) is 0.304. The van der Waals surface area contributed by atoms with E-state index in [9.17, 15) is 9.59 Å². The first kappa shape index (κ1) is 18.3. The molecule has 5 nitrogen and oxygen atoms in total. The van der Waals surface area contributed by atoms with Gasteiger partial charge in [-0.15, -0.1) is 0 Å². The molecule has 0 radical (unpaired) electrons. The molecule has 0 saturated carbocycles. The fourth-order valence-electron chi connectivity index (χ4n) is 3.83. The van der Waals surface area contributed by atoms with E-state index >= 15 is 0 Å². The van der Waals surface area contributed by atoms with Crippen molar-refractivity contribution in [2.75, 3.05) is 0 Å². The van der Waals surface area contributed by atoms with Gasteiger partial charge in [0, 0.05) is 10.9 Å². The Morgan fingerprint density at radius 3 is 2.71 bits per heavy atom. The minimum Gasteiger partial charge on any atom is -0.449 e. The molecule has 1 heterocycles. The van der Waals surface area contributed by atoms with Crippen molar-refractivity contribution in [1.82, 2.24) is 5.32 Å². The first-order valence-corrected chi connectivity index (χ1v) is 9.62. The summed E-state index contributed by atoms with van der Waals surface area (Å²) in [5.74, 6) is -0.784. The lowest BCUT2D eigenvalue weighted by Crippen LogP contribution is -2.39. The Labute approximate surface area is 163 Å². The second-order valence-corrected chi connectivity index (χ2v) is 7.25. The average molecular weight is 377 g/mol. The number of rotatable bonds is 4. The highest BCUT2D eigenvalue weighted by atomic mass is 16.6. The molecule has 0 saturated heterocycles. The van der Waals surface area contributed by atoms with Crippen molar-refractivity contribution >= 4 is 22.8 Å². The van der Waals surface area contributed by atoms with Gasteiger partial charge in [-0.3, -0.25) is 4.79 Å². The van der Waals surface area contributed by atoms with E-state index in [1.165, 1.54) is 5.56 Å². The van der Waals surface area contributed by atoms with Crippen LogP contribution in [-0.2, 0) is 16.0 Å². The highest BCUT2D eigenvalue weighted by Gasteiger charge is 2.27. The van der Waals surface area contributed by atoms with E-state index in [4.69, 9.17) is 9.15 Å². The van der Waals surface area contributed by atoms with Gasteiger partial charge in [0.2, 0.25) is 5.76 Å². The van der Waals surface area contributed by atoms with Crippen LogP contribution in [0.3, 0.4) is 0 Å². The maximum absolute atomic E-state index is 12.6. The normalized spacial score (nSPS) is 17.0. The van der Waals surface area contributed by atoms with Crippen molar-refractivity contribution in [3.8, 4) is 0 Å². The number of para-hydroxylation sites is 1. The maximum Gasteiger partial charge on any atom is 0.375 e. The molecule has 2 aromatic carbocycles. The lowest BCUT2D eigenvalue weighted by Gasteiger charge is -2.27. The summed E-state index contributed by atoms with van der Waals surface area (Å²) in [5, 5.41) is 3.89. The van der Waals surface area contributed by atoms with Crippen molar-refractivity contribution in [3.63, 3.8) is 0 Å². The minimum atomic E-state index is -0.908. The minimum absolute atomic E-state index is 0.0495. The molecule has 0 spiro atoms. The number of nitrogens with one attached hydrogen (secondary N) is 1. The van der Waals surface area contributed by atoms with Gasteiger partial charge in [0.15, 0.2) is 6.10 Å². The Hall–Kier alpha value is -3.08. The smallest absolute Gasteiger partial charge is 0.375 e. The number of carbonyl (C=O) groups excluding carboxylic acids is 2.